The van der Waals surface area contributed by atoms with Crippen LogP contribution in [0.4, 0.5) is 0 Å². The summed E-state index contributed by atoms with van der Waals surface area (Å²) in [7, 11) is 0. The van der Waals surface area contributed by atoms with E-state index in [1.165, 1.54) is 31.4 Å². The molecule has 1 unspecified atom stereocenters. The highest BCUT2D eigenvalue weighted by atomic mass is 16.5. The first-order chi connectivity index (χ1) is 6.93. The molecule has 2 heterocycles. The van der Waals surface area contributed by atoms with Crippen molar-refractivity contribution in [2.45, 2.75) is 44.2 Å². The topological polar surface area (TPSA) is 27.1 Å². The fourth-order valence-corrected chi connectivity index (χ4v) is 2.04. The maximum Gasteiger partial charge on any atom is 0.150 e. The lowest BCUT2D eigenvalue weighted by Crippen LogP contribution is -2.18. The van der Waals surface area contributed by atoms with Crippen LogP contribution in [0.25, 0.3) is 0 Å². The average molecular weight is 192 g/mol. The third kappa shape index (κ3) is 1.57. The third-order valence-electron chi connectivity index (χ3n) is 3.08. The van der Waals surface area contributed by atoms with Gasteiger partial charge in [-0.15, -0.1) is 0 Å². The zero-order chi connectivity index (χ0) is 9.38. The summed E-state index contributed by atoms with van der Waals surface area (Å²) >= 11 is 0. The maximum atomic E-state index is 5.68. The molecular weight excluding hydrogens is 176 g/mol. The van der Waals surface area contributed by atoms with Crippen LogP contribution < -0.4 is 0 Å². The Hall–Kier alpha value is -0.830. The van der Waals surface area contributed by atoms with Crippen molar-refractivity contribution < 1.29 is 4.74 Å². The molecule has 76 valence electrons. The number of aromatic nitrogens is 2. The van der Waals surface area contributed by atoms with Gasteiger partial charge in [-0.2, -0.15) is 5.10 Å². The molecule has 1 aromatic rings. The van der Waals surface area contributed by atoms with Gasteiger partial charge in [-0.1, -0.05) is 0 Å². The third-order valence-corrected chi connectivity index (χ3v) is 3.08. The molecule has 3 nitrogen and oxygen atoms in total. The largest absolute Gasteiger partial charge is 0.357 e. The summed E-state index contributed by atoms with van der Waals surface area (Å²) in [6, 6.07) is 2.15. The van der Waals surface area contributed by atoms with Gasteiger partial charge >= 0.3 is 0 Å². The second-order valence-electron chi connectivity index (χ2n) is 4.32. The van der Waals surface area contributed by atoms with E-state index in [0.29, 0.717) is 0 Å². The fourth-order valence-electron chi connectivity index (χ4n) is 2.04. The second-order valence-corrected chi connectivity index (χ2v) is 4.32. The Morgan fingerprint density at radius 2 is 2.21 bits per heavy atom. The lowest BCUT2D eigenvalue weighted by Gasteiger charge is -2.22. The zero-order valence-corrected chi connectivity index (χ0v) is 8.35. The summed E-state index contributed by atoms with van der Waals surface area (Å²) in [5.41, 5.74) is 1.26. The fraction of sp³-hybridized carbons (Fsp3) is 0.727. The molecule has 1 saturated heterocycles. The van der Waals surface area contributed by atoms with Gasteiger partial charge in [-0.3, -0.25) is 0 Å². The molecule has 1 aliphatic heterocycles. The molecular formula is C11H16N2O. The molecule has 0 radical (unpaired) electrons. The molecule has 0 bridgehead atoms. The van der Waals surface area contributed by atoms with Gasteiger partial charge in [0.1, 0.15) is 6.23 Å². The minimum Gasteiger partial charge on any atom is -0.357 e. The van der Waals surface area contributed by atoms with E-state index in [-0.39, 0.29) is 6.23 Å². The zero-order valence-electron chi connectivity index (χ0n) is 8.35. The van der Waals surface area contributed by atoms with Gasteiger partial charge in [0.2, 0.25) is 0 Å². The van der Waals surface area contributed by atoms with E-state index in [1.807, 2.05) is 4.68 Å². The second kappa shape index (κ2) is 3.39. The Morgan fingerprint density at radius 3 is 2.93 bits per heavy atom. The first-order valence-corrected chi connectivity index (χ1v) is 5.60. The molecule has 2 fully saturated rings. The lowest BCUT2D eigenvalue weighted by molar-refractivity contribution is -0.0396. The molecule has 1 atom stereocenters. The Labute approximate surface area is 84.1 Å². The smallest absolute Gasteiger partial charge is 0.150 e. The molecule has 1 aliphatic carbocycles. The lowest BCUT2D eigenvalue weighted by atomic mass is 10.2. The summed E-state index contributed by atoms with van der Waals surface area (Å²) in [5, 5.41) is 4.59. The predicted octanol–water partition coefficient (Wildman–Crippen LogP) is 2.46. The van der Waals surface area contributed by atoms with Crippen LogP contribution in [0.15, 0.2) is 12.3 Å². The van der Waals surface area contributed by atoms with Gasteiger partial charge in [0.05, 0.1) is 5.69 Å². The first kappa shape index (κ1) is 8.48. The number of rotatable bonds is 2. The summed E-state index contributed by atoms with van der Waals surface area (Å²) in [5.74, 6) is 0.750. The van der Waals surface area contributed by atoms with E-state index < -0.39 is 0 Å². The van der Waals surface area contributed by atoms with Crippen molar-refractivity contribution in [1.29, 1.82) is 0 Å². The standard InChI is InChI=1S/C11H16N2O/c1-2-8-14-11(3-1)13-7-6-10(12-13)9-4-5-9/h6-7,9,11H,1-5,8H2. The normalized spacial score (nSPS) is 27.9. The first-order valence-electron chi connectivity index (χ1n) is 5.60. The van der Waals surface area contributed by atoms with Crippen LogP contribution in [0, 0.1) is 0 Å². The summed E-state index contributed by atoms with van der Waals surface area (Å²) < 4.78 is 7.68. The van der Waals surface area contributed by atoms with E-state index in [2.05, 4.69) is 17.4 Å². The van der Waals surface area contributed by atoms with Crippen LogP contribution in [0.1, 0.15) is 49.9 Å². The quantitative estimate of drug-likeness (QED) is 0.719. The molecule has 0 aromatic carbocycles. The van der Waals surface area contributed by atoms with Gasteiger partial charge < -0.3 is 4.74 Å². The molecule has 0 N–H and O–H groups in total. The van der Waals surface area contributed by atoms with Crippen LogP contribution in [-0.2, 0) is 4.74 Å². The van der Waals surface area contributed by atoms with E-state index in [4.69, 9.17) is 4.74 Å². The van der Waals surface area contributed by atoms with Gasteiger partial charge in [-0.05, 0) is 38.2 Å². The van der Waals surface area contributed by atoms with Crippen molar-refractivity contribution >= 4 is 0 Å². The Morgan fingerprint density at radius 1 is 1.29 bits per heavy atom. The average Bonchev–Trinajstić information content (AvgIpc) is 2.98. The minimum atomic E-state index is 0.205. The van der Waals surface area contributed by atoms with Gasteiger partial charge in [0, 0.05) is 18.7 Å². The van der Waals surface area contributed by atoms with Crippen LogP contribution in [-0.4, -0.2) is 16.4 Å². The van der Waals surface area contributed by atoms with Crippen molar-refractivity contribution in [1.82, 2.24) is 9.78 Å². The van der Waals surface area contributed by atoms with Crippen LogP contribution in [0.5, 0.6) is 0 Å². The van der Waals surface area contributed by atoms with Gasteiger partial charge in [0.15, 0.2) is 0 Å². The number of ether oxygens (including phenoxy) is 1. The molecule has 0 amide bonds. The maximum absolute atomic E-state index is 5.68. The Bertz CT molecular complexity index is 311. The van der Waals surface area contributed by atoms with Crippen LogP contribution in [0.2, 0.25) is 0 Å². The number of nitrogens with zero attached hydrogens (tertiary/aromatic N) is 2. The van der Waals surface area contributed by atoms with Gasteiger partial charge in [-0.25, -0.2) is 4.68 Å². The Balaban J connectivity index is 1.74. The van der Waals surface area contributed by atoms with E-state index in [9.17, 15) is 0 Å². The minimum absolute atomic E-state index is 0.205. The number of hydrogen-bond donors (Lipinski definition) is 0. The van der Waals surface area contributed by atoms with E-state index in [0.717, 1.165) is 18.9 Å². The SMILES string of the molecule is c1cn(C2CCCCO2)nc1C1CC1. The molecule has 0 spiro atoms. The van der Waals surface area contributed by atoms with Crippen molar-refractivity contribution in [3.63, 3.8) is 0 Å². The summed E-state index contributed by atoms with van der Waals surface area (Å²) in [6.45, 7) is 0.892. The highest BCUT2D eigenvalue weighted by Crippen LogP contribution is 2.39. The molecule has 14 heavy (non-hydrogen) atoms. The monoisotopic (exact) mass is 192 g/mol. The Kier molecular flexibility index (Phi) is 2.05. The van der Waals surface area contributed by atoms with E-state index in [1.54, 1.807) is 0 Å². The van der Waals surface area contributed by atoms with Gasteiger partial charge in [0.25, 0.3) is 0 Å². The molecule has 1 aromatic heterocycles. The van der Waals surface area contributed by atoms with Crippen molar-refractivity contribution in [3.05, 3.63) is 18.0 Å². The van der Waals surface area contributed by atoms with E-state index >= 15 is 0 Å². The molecule has 3 heteroatoms. The van der Waals surface area contributed by atoms with Crippen molar-refractivity contribution in [3.8, 4) is 0 Å². The highest BCUT2D eigenvalue weighted by molar-refractivity contribution is 5.12. The van der Waals surface area contributed by atoms with Crippen molar-refractivity contribution in [2.24, 2.45) is 0 Å². The van der Waals surface area contributed by atoms with Crippen LogP contribution >= 0.6 is 0 Å². The van der Waals surface area contributed by atoms with Crippen LogP contribution in [0.3, 0.4) is 0 Å². The van der Waals surface area contributed by atoms with Crippen molar-refractivity contribution in [2.75, 3.05) is 6.61 Å². The summed E-state index contributed by atoms with van der Waals surface area (Å²) in [6.07, 6.45) is 8.51. The molecule has 1 saturated carbocycles. The molecule has 2 aliphatic rings. The number of hydrogen-bond acceptors (Lipinski definition) is 2. The predicted molar refractivity (Wildman–Crippen MR) is 53.0 cm³/mol. The highest BCUT2D eigenvalue weighted by Gasteiger charge is 2.27. The summed E-state index contributed by atoms with van der Waals surface area (Å²) in [4.78, 5) is 0. The molecule has 3 rings (SSSR count).